The maximum absolute atomic E-state index is 11.9. The van der Waals surface area contributed by atoms with E-state index >= 15 is 0 Å². The molecule has 0 aliphatic heterocycles. The Morgan fingerprint density at radius 1 is 1.37 bits per heavy atom. The lowest BCUT2D eigenvalue weighted by Gasteiger charge is -2.31. The van der Waals surface area contributed by atoms with Crippen molar-refractivity contribution in [2.24, 2.45) is 5.73 Å². The fourth-order valence-corrected chi connectivity index (χ4v) is 3.34. The van der Waals surface area contributed by atoms with Crippen molar-refractivity contribution < 1.29 is 4.79 Å². The summed E-state index contributed by atoms with van der Waals surface area (Å²) in [7, 11) is 0. The summed E-state index contributed by atoms with van der Waals surface area (Å²) in [5.41, 5.74) is 5.27. The van der Waals surface area contributed by atoms with E-state index in [0.717, 1.165) is 32.4 Å². The second-order valence-electron chi connectivity index (χ2n) is 6.24. The van der Waals surface area contributed by atoms with Crippen LogP contribution < -0.4 is 11.1 Å². The average Bonchev–Trinajstić information content (AvgIpc) is 3.09. The molecule has 3 N–H and O–H groups in total. The molecule has 0 heterocycles. The van der Waals surface area contributed by atoms with E-state index < -0.39 is 5.54 Å². The topological polar surface area (TPSA) is 58.4 Å². The number of nitrogens with two attached hydrogens (primary N) is 1. The monoisotopic (exact) mass is 267 g/mol. The Labute approximate surface area is 117 Å². The molecular formula is C15H29N3O. The van der Waals surface area contributed by atoms with Crippen LogP contribution in [0.4, 0.5) is 0 Å². The number of rotatable bonds is 8. The molecule has 0 aromatic heterocycles. The van der Waals surface area contributed by atoms with Crippen molar-refractivity contribution in [1.29, 1.82) is 0 Å². The van der Waals surface area contributed by atoms with Gasteiger partial charge in [-0.3, -0.25) is 4.79 Å². The summed E-state index contributed by atoms with van der Waals surface area (Å²) < 4.78 is 0. The first-order valence-corrected chi connectivity index (χ1v) is 7.93. The third-order valence-corrected chi connectivity index (χ3v) is 4.74. The molecule has 0 bridgehead atoms. The molecule has 0 saturated heterocycles. The summed E-state index contributed by atoms with van der Waals surface area (Å²) in [6, 6.07) is 1.06. The van der Waals surface area contributed by atoms with Gasteiger partial charge in [0.25, 0.3) is 0 Å². The highest BCUT2D eigenvalue weighted by atomic mass is 16.1. The smallest absolute Gasteiger partial charge is 0.237 e. The minimum Gasteiger partial charge on any atom is -0.368 e. The van der Waals surface area contributed by atoms with Crippen molar-refractivity contribution in [3.05, 3.63) is 0 Å². The third kappa shape index (κ3) is 3.48. The lowest BCUT2D eigenvalue weighted by Crippen LogP contribution is -2.55. The zero-order valence-corrected chi connectivity index (χ0v) is 12.5. The van der Waals surface area contributed by atoms with Gasteiger partial charge < -0.3 is 16.0 Å². The van der Waals surface area contributed by atoms with Crippen LogP contribution in [0.2, 0.25) is 0 Å². The first-order valence-electron chi connectivity index (χ1n) is 7.93. The number of amides is 1. The van der Waals surface area contributed by atoms with Gasteiger partial charge in [-0.25, -0.2) is 0 Å². The molecule has 19 heavy (non-hydrogen) atoms. The van der Waals surface area contributed by atoms with Crippen LogP contribution in [0.3, 0.4) is 0 Å². The summed E-state index contributed by atoms with van der Waals surface area (Å²) in [5, 5.41) is 3.53. The minimum absolute atomic E-state index is 0.145. The molecule has 2 saturated carbocycles. The molecule has 0 aromatic carbocycles. The molecular weight excluding hydrogens is 238 g/mol. The number of carbonyl (C=O) groups excluding carboxylic acids is 1. The highest BCUT2D eigenvalue weighted by Crippen LogP contribution is 2.36. The predicted molar refractivity (Wildman–Crippen MR) is 77.9 cm³/mol. The first kappa shape index (κ1) is 14.8. The van der Waals surface area contributed by atoms with Crippen molar-refractivity contribution in [3.8, 4) is 0 Å². The molecule has 1 amide bonds. The zero-order valence-electron chi connectivity index (χ0n) is 12.5. The number of primary amides is 1. The molecule has 0 spiro atoms. The van der Waals surface area contributed by atoms with E-state index in [-0.39, 0.29) is 5.91 Å². The van der Waals surface area contributed by atoms with Gasteiger partial charge in [0.15, 0.2) is 0 Å². The molecule has 2 rings (SSSR count). The normalized spacial score (nSPS) is 31.0. The maximum atomic E-state index is 11.9. The van der Waals surface area contributed by atoms with Gasteiger partial charge in [0.2, 0.25) is 5.91 Å². The van der Waals surface area contributed by atoms with E-state index in [0.29, 0.717) is 12.1 Å². The third-order valence-electron chi connectivity index (χ3n) is 4.74. The fourth-order valence-electron chi connectivity index (χ4n) is 3.34. The summed E-state index contributed by atoms with van der Waals surface area (Å²) in [5.74, 6) is -0.145. The SMILES string of the molecule is CCCCN(CC)C1CCC(NC2CC2)(C(N)=O)C1. The van der Waals surface area contributed by atoms with Crippen molar-refractivity contribution in [2.45, 2.75) is 76.4 Å². The Bertz CT molecular complexity index is 317. The minimum atomic E-state index is -0.425. The predicted octanol–water partition coefficient (Wildman–Crippen LogP) is 1.64. The van der Waals surface area contributed by atoms with E-state index in [2.05, 4.69) is 24.1 Å². The Kier molecular flexibility index (Phi) is 4.85. The van der Waals surface area contributed by atoms with Crippen LogP contribution in [-0.2, 0) is 4.79 Å². The van der Waals surface area contributed by atoms with Crippen LogP contribution in [-0.4, -0.2) is 41.5 Å². The molecule has 110 valence electrons. The lowest BCUT2D eigenvalue weighted by atomic mass is 9.96. The molecule has 0 radical (unpaired) electrons. The summed E-state index contributed by atoms with van der Waals surface area (Å²) in [4.78, 5) is 14.4. The number of unbranched alkanes of at least 4 members (excludes halogenated alkanes) is 1. The van der Waals surface area contributed by atoms with Gasteiger partial charge in [0.05, 0.1) is 5.54 Å². The molecule has 2 unspecified atom stereocenters. The molecule has 2 atom stereocenters. The fraction of sp³-hybridized carbons (Fsp3) is 0.933. The van der Waals surface area contributed by atoms with Crippen LogP contribution in [0.25, 0.3) is 0 Å². The molecule has 4 heteroatoms. The van der Waals surface area contributed by atoms with Crippen molar-refractivity contribution in [1.82, 2.24) is 10.2 Å². The molecule has 2 aliphatic carbocycles. The summed E-state index contributed by atoms with van der Waals surface area (Å²) in [6.45, 7) is 6.66. The Morgan fingerprint density at radius 2 is 2.11 bits per heavy atom. The second-order valence-corrected chi connectivity index (χ2v) is 6.24. The van der Waals surface area contributed by atoms with E-state index in [1.54, 1.807) is 0 Å². The maximum Gasteiger partial charge on any atom is 0.237 e. The molecule has 2 aliphatic rings. The van der Waals surface area contributed by atoms with Crippen LogP contribution in [0.15, 0.2) is 0 Å². The number of hydrogen-bond donors (Lipinski definition) is 2. The second kappa shape index (κ2) is 6.23. The molecule has 2 fully saturated rings. The van der Waals surface area contributed by atoms with Gasteiger partial charge in [-0.05, 0) is 51.6 Å². The highest BCUT2D eigenvalue weighted by molar-refractivity contribution is 5.85. The first-order chi connectivity index (χ1) is 9.11. The standard InChI is InChI=1S/C15H29N3O/c1-3-5-10-18(4-2)13-8-9-15(11-13,14(16)19)17-12-6-7-12/h12-13,17H,3-11H2,1-2H3,(H2,16,19). The van der Waals surface area contributed by atoms with Gasteiger partial charge >= 0.3 is 0 Å². The van der Waals surface area contributed by atoms with Gasteiger partial charge in [-0.15, -0.1) is 0 Å². The average molecular weight is 267 g/mol. The Hall–Kier alpha value is -0.610. The van der Waals surface area contributed by atoms with Crippen molar-refractivity contribution in [2.75, 3.05) is 13.1 Å². The number of carbonyl (C=O) groups is 1. The zero-order chi connectivity index (χ0) is 13.9. The quantitative estimate of drug-likeness (QED) is 0.703. The lowest BCUT2D eigenvalue weighted by molar-refractivity contribution is -0.124. The van der Waals surface area contributed by atoms with E-state index in [9.17, 15) is 4.79 Å². The number of hydrogen-bond acceptors (Lipinski definition) is 3. The van der Waals surface area contributed by atoms with Crippen LogP contribution >= 0.6 is 0 Å². The Balaban J connectivity index is 1.96. The van der Waals surface area contributed by atoms with E-state index in [1.165, 1.54) is 25.7 Å². The number of nitrogens with one attached hydrogen (secondary N) is 1. The summed E-state index contributed by atoms with van der Waals surface area (Å²) in [6.07, 6.45) is 7.78. The Morgan fingerprint density at radius 3 is 2.63 bits per heavy atom. The summed E-state index contributed by atoms with van der Waals surface area (Å²) >= 11 is 0. The largest absolute Gasteiger partial charge is 0.368 e. The van der Waals surface area contributed by atoms with Crippen LogP contribution in [0.5, 0.6) is 0 Å². The van der Waals surface area contributed by atoms with E-state index in [1.807, 2.05) is 0 Å². The van der Waals surface area contributed by atoms with Gasteiger partial charge in [0, 0.05) is 12.1 Å². The molecule has 4 nitrogen and oxygen atoms in total. The number of nitrogens with zero attached hydrogens (tertiary/aromatic N) is 1. The van der Waals surface area contributed by atoms with Crippen LogP contribution in [0.1, 0.15) is 58.8 Å². The highest BCUT2D eigenvalue weighted by Gasteiger charge is 2.47. The van der Waals surface area contributed by atoms with Crippen LogP contribution in [0, 0.1) is 0 Å². The van der Waals surface area contributed by atoms with Gasteiger partial charge in [-0.2, -0.15) is 0 Å². The van der Waals surface area contributed by atoms with Crippen molar-refractivity contribution >= 4 is 5.91 Å². The van der Waals surface area contributed by atoms with Gasteiger partial charge in [-0.1, -0.05) is 20.3 Å². The van der Waals surface area contributed by atoms with Crippen molar-refractivity contribution in [3.63, 3.8) is 0 Å². The van der Waals surface area contributed by atoms with E-state index in [4.69, 9.17) is 5.73 Å². The van der Waals surface area contributed by atoms with Gasteiger partial charge in [0.1, 0.15) is 0 Å². The molecule has 0 aromatic rings.